The van der Waals surface area contributed by atoms with Crippen LogP contribution in [-0.4, -0.2) is 36.3 Å². The highest BCUT2D eigenvalue weighted by Crippen LogP contribution is 2.22. The van der Waals surface area contributed by atoms with Crippen LogP contribution in [0.15, 0.2) is 54.6 Å². The summed E-state index contributed by atoms with van der Waals surface area (Å²) in [5.74, 6) is -1.52. The fourth-order valence-corrected chi connectivity index (χ4v) is 3.24. The van der Waals surface area contributed by atoms with Crippen molar-refractivity contribution in [2.75, 3.05) is 11.5 Å². The Morgan fingerprint density at radius 3 is 2.27 bits per heavy atom. The van der Waals surface area contributed by atoms with E-state index >= 15 is 0 Å². The second-order valence-electron chi connectivity index (χ2n) is 7.24. The summed E-state index contributed by atoms with van der Waals surface area (Å²) >= 11 is 0. The Hall–Kier alpha value is -3.48. The van der Waals surface area contributed by atoms with E-state index in [2.05, 4.69) is 5.32 Å². The van der Waals surface area contributed by atoms with Crippen molar-refractivity contribution in [3.05, 3.63) is 65.7 Å². The third-order valence-corrected chi connectivity index (χ3v) is 4.86. The summed E-state index contributed by atoms with van der Waals surface area (Å²) in [5, 5.41) is 2.82. The lowest BCUT2D eigenvalue weighted by Gasteiger charge is -2.15. The lowest BCUT2D eigenvalue weighted by Crippen LogP contribution is -2.36. The molecule has 1 saturated heterocycles. The minimum absolute atomic E-state index is 0.0498. The highest BCUT2D eigenvalue weighted by molar-refractivity contribution is 6.19. The van der Waals surface area contributed by atoms with Gasteiger partial charge >= 0.3 is 5.97 Å². The van der Waals surface area contributed by atoms with Crippen LogP contribution in [0.3, 0.4) is 0 Å². The van der Waals surface area contributed by atoms with Crippen LogP contribution in [0.1, 0.15) is 42.1 Å². The summed E-state index contributed by atoms with van der Waals surface area (Å²) in [6.45, 7) is 1.53. The van der Waals surface area contributed by atoms with Gasteiger partial charge in [-0.2, -0.15) is 0 Å². The van der Waals surface area contributed by atoms with E-state index in [1.165, 1.54) is 29.8 Å². The zero-order chi connectivity index (χ0) is 21.5. The number of ether oxygens (including phenoxy) is 1. The van der Waals surface area contributed by atoms with Crippen molar-refractivity contribution < 1.29 is 23.9 Å². The molecule has 2 aromatic carbocycles. The van der Waals surface area contributed by atoms with Crippen molar-refractivity contribution in [1.82, 2.24) is 5.32 Å². The second kappa shape index (κ2) is 9.82. The Morgan fingerprint density at radius 2 is 1.63 bits per heavy atom. The topological polar surface area (TPSA) is 92.8 Å². The quantitative estimate of drug-likeness (QED) is 0.535. The molecular formula is C23H24N2O5. The first-order valence-electron chi connectivity index (χ1n) is 9.90. The predicted molar refractivity (Wildman–Crippen MR) is 111 cm³/mol. The fraction of sp³-hybridized carbons (Fsp3) is 0.304. The number of nitrogens with one attached hydrogen (secondary N) is 1. The van der Waals surface area contributed by atoms with E-state index in [4.69, 9.17) is 4.74 Å². The van der Waals surface area contributed by atoms with Crippen molar-refractivity contribution in [2.45, 2.75) is 38.6 Å². The number of carbonyl (C=O) groups is 4. The number of anilines is 1. The van der Waals surface area contributed by atoms with E-state index in [0.29, 0.717) is 5.69 Å². The summed E-state index contributed by atoms with van der Waals surface area (Å²) in [6, 6.07) is 15.9. The van der Waals surface area contributed by atoms with Gasteiger partial charge < -0.3 is 10.1 Å². The van der Waals surface area contributed by atoms with Crippen molar-refractivity contribution in [3.8, 4) is 0 Å². The molecule has 1 fully saturated rings. The fourth-order valence-electron chi connectivity index (χ4n) is 3.24. The molecule has 1 N–H and O–H groups in total. The third kappa shape index (κ3) is 5.53. The lowest BCUT2D eigenvalue weighted by atomic mass is 10.1. The number of carbonyl (C=O) groups excluding carboxylic acids is 4. The van der Waals surface area contributed by atoms with Crippen molar-refractivity contribution in [1.29, 1.82) is 0 Å². The molecule has 2 aromatic rings. The highest BCUT2D eigenvalue weighted by Gasteiger charge is 2.30. The molecule has 7 heteroatoms. The van der Waals surface area contributed by atoms with Gasteiger partial charge in [-0.15, -0.1) is 0 Å². The van der Waals surface area contributed by atoms with Gasteiger partial charge in [0, 0.05) is 18.9 Å². The molecule has 3 amide bonds. The van der Waals surface area contributed by atoms with Gasteiger partial charge in [0.25, 0.3) is 5.91 Å². The zero-order valence-corrected chi connectivity index (χ0v) is 16.8. The molecule has 156 valence electrons. The summed E-state index contributed by atoms with van der Waals surface area (Å²) in [5.41, 5.74) is 1.86. The Morgan fingerprint density at radius 1 is 1.00 bits per heavy atom. The summed E-state index contributed by atoms with van der Waals surface area (Å²) in [4.78, 5) is 48.8. The van der Waals surface area contributed by atoms with Crippen molar-refractivity contribution in [3.63, 3.8) is 0 Å². The standard InChI is InChI=1S/C23H24N2O5/c1-16(7-8-17-5-3-2-4-6-17)24-20(26)15-30-23(29)18-9-11-19(12-10-18)25-21(27)13-14-22(25)28/h2-6,9-12,16H,7-8,13-15H2,1H3,(H,24,26)/t16-/m0/s1. The van der Waals surface area contributed by atoms with Crippen LogP contribution < -0.4 is 10.2 Å². The van der Waals surface area contributed by atoms with Crippen LogP contribution in [0.2, 0.25) is 0 Å². The van der Waals surface area contributed by atoms with E-state index in [0.717, 1.165) is 17.7 Å². The lowest BCUT2D eigenvalue weighted by molar-refractivity contribution is -0.125. The van der Waals surface area contributed by atoms with Crippen molar-refractivity contribution in [2.24, 2.45) is 0 Å². The number of rotatable bonds is 8. The van der Waals surface area contributed by atoms with Gasteiger partial charge in [-0.3, -0.25) is 19.3 Å². The molecule has 0 aliphatic carbocycles. The molecule has 0 bridgehead atoms. The number of benzene rings is 2. The van der Waals surface area contributed by atoms with Gasteiger partial charge in [0.05, 0.1) is 11.3 Å². The van der Waals surface area contributed by atoms with E-state index in [9.17, 15) is 19.2 Å². The second-order valence-corrected chi connectivity index (χ2v) is 7.24. The van der Waals surface area contributed by atoms with E-state index < -0.39 is 5.97 Å². The van der Waals surface area contributed by atoms with Crippen LogP contribution >= 0.6 is 0 Å². The molecule has 1 aliphatic heterocycles. The van der Waals surface area contributed by atoms with Gasteiger partial charge in [0.1, 0.15) is 0 Å². The van der Waals surface area contributed by atoms with Gasteiger partial charge in [-0.1, -0.05) is 30.3 Å². The van der Waals surface area contributed by atoms with E-state index in [1.807, 2.05) is 37.3 Å². The third-order valence-electron chi connectivity index (χ3n) is 4.86. The molecule has 0 saturated carbocycles. The zero-order valence-electron chi connectivity index (χ0n) is 16.8. The molecule has 0 spiro atoms. The normalized spacial score (nSPS) is 14.5. The Labute approximate surface area is 175 Å². The number of amides is 3. The number of nitrogens with zero attached hydrogens (tertiary/aromatic N) is 1. The molecular weight excluding hydrogens is 384 g/mol. The van der Waals surface area contributed by atoms with Crippen LogP contribution in [0.4, 0.5) is 5.69 Å². The molecule has 0 aromatic heterocycles. The largest absolute Gasteiger partial charge is 0.452 e. The SMILES string of the molecule is C[C@@H](CCc1ccccc1)NC(=O)COC(=O)c1ccc(N2C(=O)CCC2=O)cc1. The Bertz CT molecular complexity index is 908. The van der Waals surface area contributed by atoms with Gasteiger partial charge in [0.2, 0.25) is 11.8 Å². The van der Waals surface area contributed by atoms with Gasteiger partial charge in [-0.05, 0) is 49.6 Å². The van der Waals surface area contributed by atoms with Crippen LogP contribution in [0, 0.1) is 0 Å². The maximum absolute atomic E-state index is 12.2. The highest BCUT2D eigenvalue weighted by atomic mass is 16.5. The van der Waals surface area contributed by atoms with E-state index in [-0.39, 0.29) is 48.8 Å². The molecule has 7 nitrogen and oxygen atoms in total. The number of hydrogen-bond donors (Lipinski definition) is 1. The number of aryl methyl sites for hydroxylation is 1. The predicted octanol–water partition coefficient (Wildman–Crippen LogP) is 2.63. The van der Waals surface area contributed by atoms with Crippen LogP contribution in [0.25, 0.3) is 0 Å². The van der Waals surface area contributed by atoms with Gasteiger partial charge in [0.15, 0.2) is 6.61 Å². The Balaban J connectivity index is 1.43. The van der Waals surface area contributed by atoms with E-state index in [1.54, 1.807) is 0 Å². The van der Waals surface area contributed by atoms with Crippen LogP contribution in [0.5, 0.6) is 0 Å². The molecule has 1 heterocycles. The number of imide groups is 1. The molecule has 3 rings (SSSR count). The first-order chi connectivity index (χ1) is 14.4. The minimum Gasteiger partial charge on any atom is -0.452 e. The van der Waals surface area contributed by atoms with Crippen molar-refractivity contribution >= 4 is 29.4 Å². The average Bonchev–Trinajstić information content (AvgIpc) is 3.09. The summed E-state index contributed by atoms with van der Waals surface area (Å²) in [6.07, 6.45) is 2.01. The molecule has 0 radical (unpaired) electrons. The summed E-state index contributed by atoms with van der Waals surface area (Å²) in [7, 11) is 0. The first-order valence-corrected chi connectivity index (χ1v) is 9.90. The first kappa shape index (κ1) is 21.2. The Kier molecular flexibility index (Phi) is 6.95. The monoisotopic (exact) mass is 408 g/mol. The average molecular weight is 408 g/mol. The maximum Gasteiger partial charge on any atom is 0.338 e. The van der Waals surface area contributed by atoms with Crippen LogP contribution in [-0.2, 0) is 25.5 Å². The summed E-state index contributed by atoms with van der Waals surface area (Å²) < 4.78 is 5.06. The number of esters is 1. The smallest absolute Gasteiger partial charge is 0.338 e. The molecule has 0 unspecified atom stereocenters. The van der Waals surface area contributed by atoms with Gasteiger partial charge in [-0.25, -0.2) is 4.79 Å². The maximum atomic E-state index is 12.2. The number of hydrogen-bond acceptors (Lipinski definition) is 5. The molecule has 1 aliphatic rings. The molecule has 30 heavy (non-hydrogen) atoms. The minimum atomic E-state index is -0.646. The molecule has 1 atom stereocenters.